The minimum Gasteiger partial charge on any atom is -0.383 e. The average Bonchev–Trinajstić information content (AvgIpc) is 2.79. The number of carbonyl (C=O) groups excluding carboxylic acids is 1. The van der Waals surface area contributed by atoms with Gasteiger partial charge in [-0.1, -0.05) is 0 Å². The van der Waals surface area contributed by atoms with Gasteiger partial charge in [-0.25, -0.2) is 0 Å². The van der Waals surface area contributed by atoms with E-state index in [9.17, 15) is 4.79 Å². The maximum absolute atomic E-state index is 12.3. The van der Waals surface area contributed by atoms with Crippen molar-refractivity contribution in [1.29, 1.82) is 0 Å². The van der Waals surface area contributed by atoms with Gasteiger partial charge in [0.25, 0.3) is 5.91 Å². The molecule has 1 amide bonds. The lowest BCUT2D eigenvalue weighted by atomic mass is 9.93. The van der Waals surface area contributed by atoms with Gasteiger partial charge < -0.3 is 14.8 Å². The number of fused-ring (bicyclic) bond motifs is 1. The monoisotopic (exact) mass is 279 g/mol. The molecular formula is C14H21N3O3. The van der Waals surface area contributed by atoms with Crippen molar-refractivity contribution in [3.8, 4) is 0 Å². The molecule has 2 heterocycles. The van der Waals surface area contributed by atoms with Crippen LogP contribution in [0.3, 0.4) is 0 Å². The standard InChI is InChI=1S/C14H21N3O3/c1-19-8-6-17-12-5-7-20-9-11(12)13(16-17)14(18)15-10-3-2-4-10/h10H,2-9H2,1H3,(H,15,18). The van der Waals surface area contributed by atoms with Gasteiger partial charge in [0.15, 0.2) is 5.69 Å². The van der Waals surface area contributed by atoms with E-state index >= 15 is 0 Å². The van der Waals surface area contributed by atoms with E-state index in [2.05, 4.69) is 10.4 Å². The number of hydrogen-bond donors (Lipinski definition) is 1. The van der Waals surface area contributed by atoms with E-state index in [-0.39, 0.29) is 5.91 Å². The Morgan fingerprint density at radius 2 is 2.40 bits per heavy atom. The molecule has 1 N–H and O–H groups in total. The molecule has 0 atom stereocenters. The number of nitrogens with zero attached hydrogens (tertiary/aromatic N) is 2. The van der Waals surface area contributed by atoms with Gasteiger partial charge in [-0.3, -0.25) is 9.48 Å². The molecule has 6 heteroatoms. The second-order valence-electron chi connectivity index (χ2n) is 5.39. The van der Waals surface area contributed by atoms with Crippen molar-refractivity contribution in [2.24, 2.45) is 0 Å². The first kappa shape index (κ1) is 13.6. The van der Waals surface area contributed by atoms with Gasteiger partial charge in [-0.15, -0.1) is 0 Å². The number of hydrogen-bond acceptors (Lipinski definition) is 4. The summed E-state index contributed by atoms with van der Waals surface area (Å²) in [6.45, 7) is 2.44. The van der Waals surface area contributed by atoms with Crippen LogP contribution < -0.4 is 5.32 Å². The summed E-state index contributed by atoms with van der Waals surface area (Å²) in [6, 6.07) is 0.326. The smallest absolute Gasteiger partial charge is 0.272 e. The second kappa shape index (κ2) is 5.93. The minimum absolute atomic E-state index is 0.0624. The first-order valence-electron chi connectivity index (χ1n) is 7.25. The highest BCUT2D eigenvalue weighted by atomic mass is 16.5. The third kappa shape index (κ3) is 2.58. The summed E-state index contributed by atoms with van der Waals surface area (Å²) < 4.78 is 12.5. The number of methoxy groups -OCH3 is 1. The molecular weight excluding hydrogens is 258 g/mol. The van der Waals surface area contributed by atoms with Gasteiger partial charge in [-0.05, 0) is 19.3 Å². The van der Waals surface area contributed by atoms with Crippen molar-refractivity contribution in [2.75, 3.05) is 20.3 Å². The summed E-state index contributed by atoms with van der Waals surface area (Å²) in [5.74, 6) is -0.0624. The molecule has 1 aliphatic carbocycles. The van der Waals surface area contributed by atoms with Crippen LogP contribution in [0.15, 0.2) is 0 Å². The zero-order chi connectivity index (χ0) is 13.9. The maximum Gasteiger partial charge on any atom is 0.272 e. The predicted octanol–water partition coefficient (Wildman–Crippen LogP) is 0.884. The van der Waals surface area contributed by atoms with Gasteiger partial charge in [0.05, 0.1) is 26.4 Å². The molecule has 1 saturated carbocycles. The van der Waals surface area contributed by atoms with Crippen molar-refractivity contribution in [1.82, 2.24) is 15.1 Å². The van der Waals surface area contributed by atoms with Crippen LogP contribution >= 0.6 is 0 Å². The summed E-state index contributed by atoms with van der Waals surface area (Å²) in [5.41, 5.74) is 2.60. The number of nitrogens with one attached hydrogen (secondary N) is 1. The number of ether oxygens (including phenoxy) is 2. The molecule has 1 aromatic rings. The Hall–Kier alpha value is -1.40. The third-order valence-corrected chi connectivity index (χ3v) is 4.06. The highest BCUT2D eigenvalue weighted by molar-refractivity contribution is 5.94. The average molecular weight is 279 g/mol. The molecule has 2 aliphatic rings. The molecule has 0 saturated heterocycles. The molecule has 0 unspecified atom stereocenters. The van der Waals surface area contributed by atoms with Gasteiger partial charge in [0, 0.05) is 30.8 Å². The normalized spacial score (nSPS) is 18.4. The largest absolute Gasteiger partial charge is 0.383 e. The van der Waals surface area contributed by atoms with E-state index in [1.807, 2.05) is 4.68 Å². The van der Waals surface area contributed by atoms with Crippen LogP contribution in [-0.4, -0.2) is 42.1 Å². The van der Waals surface area contributed by atoms with Crippen molar-refractivity contribution in [3.63, 3.8) is 0 Å². The Labute approximate surface area is 118 Å². The van der Waals surface area contributed by atoms with E-state index < -0.39 is 0 Å². The first-order valence-corrected chi connectivity index (χ1v) is 7.25. The van der Waals surface area contributed by atoms with Crippen LogP contribution in [0.4, 0.5) is 0 Å². The predicted molar refractivity (Wildman–Crippen MR) is 72.6 cm³/mol. The Balaban J connectivity index is 1.81. The Morgan fingerprint density at radius 1 is 1.55 bits per heavy atom. The lowest BCUT2D eigenvalue weighted by Gasteiger charge is -2.26. The van der Waals surface area contributed by atoms with Gasteiger partial charge in [-0.2, -0.15) is 5.10 Å². The molecule has 3 rings (SSSR count). The lowest BCUT2D eigenvalue weighted by Crippen LogP contribution is -2.40. The van der Waals surface area contributed by atoms with Crippen LogP contribution in [0.1, 0.15) is 41.0 Å². The topological polar surface area (TPSA) is 65.4 Å². The number of aromatic nitrogens is 2. The first-order chi connectivity index (χ1) is 9.79. The SMILES string of the molecule is COCCn1nc(C(=O)NC2CCC2)c2c1CCOC2. The molecule has 0 aromatic carbocycles. The van der Waals surface area contributed by atoms with E-state index in [1.54, 1.807) is 7.11 Å². The van der Waals surface area contributed by atoms with Gasteiger partial charge >= 0.3 is 0 Å². The van der Waals surface area contributed by atoms with Crippen molar-refractivity contribution in [2.45, 2.75) is 44.9 Å². The zero-order valence-corrected chi connectivity index (χ0v) is 11.9. The summed E-state index contributed by atoms with van der Waals surface area (Å²) in [4.78, 5) is 12.3. The van der Waals surface area contributed by atoms with Gasteiger partial charge in [0.2, 0.25) is 0 Å². The van der Waals surface area contributed by atoms with Crippen LogP contribution in [0.2, 0.25) is 0 Å². The number of rotatable bonds is 5. The minimum atomic E-state index is -0.0624. The molecule has 20 heavy (non-hydrogen) atoms. The molecule has 0 bridgehead atoms. The molecule has 0 radical (unpaired) electrons. The van der Waals surface area contributed by atoms with E-state index in [0.29, 0.717) is 38.1 Å². The maximum atomic E-state index is 12.3. The van der Waals surface area contributed by atoms with Gasteiger partial charge in [0.1, 0.15) is 0 Å². The Kier molecular flexibility index (Phi) is 4.03. The fraction of sp³-hybridized carbons (Fsp3) is 0.714. The summed E-state index contributed by atoms with van der Waals surface area (Å²) in [7, 11) is 1.67. The molecule has 0 spiro atoms. The van der Waals surface area contributed by atoms with E-state index in [0.717, 1.165) is 30.5 Å². The van der Waals surface area contributed by atoms with E-state index in [4.69, 9.17) is 9.47 Å². The fourth-order valence-electron chi connectivity index (χ4n) is 2.66. The third-order valence-electron chi connectivity index (χ3n) is 4.06. The number of carbonyl (C=O) groups is 1. The molecule has 6 nitrogen and oxygen atoms in total. The zero-order valence-electron chi connectivity index (χ0n) is 11.9. The Morgan fingerprint density at radius 3 is 3.10 bits per heavy atom. The van der Waals surface area contributed by atoms with Crippen molar-refractivity contribution < 1.29 is 14.3 Å². The van der Waals surface area contributed by atoms with Crippen LogP contribution in [-0.2, 0) is 29.0 Å². The van der Waals surface area contributed by atoms with Crippen LogP contribution in [0.25, 0.3) is 0 Å². The summed E-state index contributed by atoms with van der Waals surface area (Å²) in [6.07, 6.45) is 4.17. The van der Waals surface area contributed by atoms with Crippen LogP contribution in [0, 0.1) is 0 Å². The van der Waals surface area contributed by atoms with Crippen LogP contribution in [0.5, 0.6) is 0 Å². The second-order valence-corrected chi connectivity index (χ2v) is 5.39. The number of amides is 1. The molecule has 1 fully saturated rings. The Bertz CT molecular complexity index is 494. The fourth-order valence-corrected chi connectivity index (χ4v) is 2.66. The molecule has 1 aromatic heterocycles. The van der Waals surface area contributed by atoms with E-state index in [1.165, 1.54) is 6.42 Å². The van der Waals surface area contributed by atoms with Crippen molar-refractivity contribution in [3.05, 3.63) is 17.0 Å². The molecule has 110 valence electrons. The summed E-state index contributed by atoms with van der Waals surface area (Å²) in [5, 5.41) is 7.54. The molecule has 1 aliphatic heterocycles. The quantitative estimate of drug-likeness (QED) is 0.869. The highest BCUT2D eigenvalue weighted by Gasteiger charge is 2.27. The van der Waals surface area contributed by atoms with Crippen molar-refractivity contribution >= 4 is 5.91 Å². The summed E-state index contributed by atoms with van der Waals surface area (Å²) >= 11 is 0. The lowest BCUT2D eigenvalue weighted by molar-refractivity contribution is 0.0891. The highest BCUT2D eigenvalue weighted by Crippen LogP contribution is 2.23.